The topological polar surface area (TPSA) is 95.5 Å². The van der Waals surface area contributed by atoms with Gasteiger partial charge < -0.3 is 15.7 Å². The van der Waals surface area contributed by atoms with Crippen LogP contribution in [-0.4, -0.2) is 35.0 Å². The molecule has 0 radical (unpaired) electrons. The molecule has 6 nitrogen and oxygen atoms in total. The van der Waals surface area contributed by atoms with Gasteiger partial charge in [0.25, 0.3) is 5.91 Å². The predicted molar refractivity (Wildman–Crippen MR) is 73.2 cm³/mol. The molecule has 1 aromatic carbocycles. The molecule has 0 aliphatic rings. The molecule has 2 amide bonds. The fraction of sp³-hybridized carbons (Fsp3) is 0.357. The number of carboxylic acid groups (broad SMARTS) is 1. The van der Waals surface area contributed by atoms with Crippen molar-refractivity contribution < 1.29 is 19.5 Å². The molecule has 1 aromatic rings. The molecule has 0 atom stereocenters. The number of hydrogen-bond acceptors (Lipinski definition) is 3. The summed E-state index contributed by atoms with van der Waals surface area (Å²) in [5.41, 5.74) is -0.806. The summed E-state index contributed by atoms with van der Waals surface area (Å²) < 4.78 is 0. The van der Waals surface area contributed by atoms with Gasteiger partial charge in [0.05, 0.1) is 0 Å². The lowest BCUT2D eigenvalue weighted by atomic mass is 10.1. The second-order valence-electron chi connectivity index (χ2n) is 4.85. The molecule has 0 aliphatic carbocycles. The van der Waals surface area contributed by atoms with Crippen molar-refractivity contribution in [2.24, 2.45) is 0 Å². The van der Waals surface area contributed by atoms with Crippen LogP contribution < -0.4 is 10.6 Å². The summed E-state index contributed by atoms with van der Waals surface area (Å²) in [5, 5.41) is 13.8. The summed E-state index contributed by atoms with van der Waals surface area (Å²) in [6, 6.07) is 8.64. The van der Waals surface area contributed by atoms with E-state index in [0.717, 1.165) is 0 Å². The van der Waals surface area contributed by atoms with Crippen LogP contribution in [0.1, 0.15) is 30.6 Å². The zero-order valence-electron chi connectivity index (χ0n) is 11.5. The minimum absolute atomic E-state index is 0.0231. The Balaban J connectivity index is 2.36. The van der Waals surface area contributed by atoms with Crippen molar-refractivity contribution in [1.29, 1.82) is 0 Å². The monoisotopic (exact) mass is 278 g/mol. The van der Waals surface area contributed by atoms with Crippen LogP contribution >= 0.6 is 0 Å². The molecule has 3 N–H and O–H groups in total. The Morgan fingerprint density at radius 1 is 1.15 bits per heavy atom. The van der Waals surface area contributed by atoms with Crippen molar-refractivity contribution in [3.63, 3.8) is 0 Å². The number of amides is 2. The van der Waals surface area contributed by atoms with E-state index in [9.17, 15) is 14.4 Å². The molecule has 0 spiro atoms. The summed E-state index contributed by atoms with van der Waals surface area (Å²) >= 11 is 0. The summed E-state index contributed by atoms with van der Waals surface area (Å²) in [7, 11) is 0. The van der Waals surface area contributed by atoms with Gasteiger partial charge in [-0.05, 0) is 26.0 Å². The summed E-state index contributed by atoms with van der Waals surface area (Å²) in [4.78, 5) is 34.1. The average Bonchev–Trinajstić information content (AvgIpc) is 2.38. The van der Waals surface area contributed by atoms with E-state index in [1.165, 1.54) is 13.8 Å². The highest BCUT2D eigenvalue weighted by molar-refractivity contribution is 5.94. The van der Waals surface area contributed by atoms with Gasteiger partial charge in [-0.3, -0.25) is 9.59 Å². The molecular weight excluding hydrogens is 260 g/mol. The maximum absolute atomic E-state index is 11.7. The lowest BCUT2D eigenvalue weighted by molar-refractivity contribution is -0.146. The van der Waals surface area contributed by atoms with Crippen molar-refractivity contribution in [2.45, 2.75) is 25.8 Å². The molecular formula is C14H18N2O4. The van der Waals surface area contributed by atoms with Crippen molar-refractivity contribution in [2.75, 3.05) is 6.54 Å². The highest BCUT2D eigenvalue weighted by atomic mass is 16.4. The Hall–Kier alpha value is -2.37. The zero-order chi connectivity index (χ0) is 15.2. The van der Waals surface area contributed by atoms with Crippen LogP contribution in [0.2, 0.25) is 0 Å². The van der Waals surface area contributed by atoms with Gasteiger partial charge in [-0.1, -0.05) is 18.2 Å². The Bertz CT molecular complexity index is 497. The van der Waals surface area contributed by atoms with Crippen molar-refractivity contribution in [1.82, 2.24) is 10.6 Å². The first-order valence-corrected chi connectivity index (χ1v) is 6.20. The molecule has 0 saturated carbocycles. The second kappa shape index (κ2) is 6.70. The smallest absolute Gasteiger partial charge is 0.328 e. The highest BCUT2D eigenvalue weighted by Gasteiger charge is 2.28. The fourth-order valence-corrected chi connectivity index (χ4v) is 1.45. The van der Waals surface area contributed by atoms with Crippen LogP contribution in [0, 0.1) is 0 Å². The molecule has 0 aliphatic heterocycles. The Kier molecular flexibility index (Phi) is 5.25. The molecule has 0 heterocycles. The third-order valence-corrected chi connectivity index (χ3v) is 2.66. The summed E-state index contributed by atoms with van der Waals surface area (Å²) in [5.74, 6) is -1.80. The quantitative estimate of drug-likeness (QED) is 0.716. The Morgan fingerprint density at radius 2 is 1.75 bits per heavy atom. The minimum atomic E-state index is -1.32. The number of aliphatic carboxylic acids is 1. The van der Waals surface area contributed by atoms with Gasteiger partial charge in [0.15, 0.2) is 0 Å². The molecule has 0 bridgehead atoms. The van der Waals surface area contributed by atoms with E-state index in [4.69, 9.17) is 5.11 Å². The lowest BCUT2D eigenvalue weighted by Crippen LogP contribution is -2.50. The number of rotatable bonds is 6. The molecule has 0 aromatic heterocycles. The van der Waals surface area contributed by atoms with Gasteiger partial charge in [0, 0.05) is 18.5 Å². The number of carboxylic acids is 1. The van der Waals surface area contributed by atoms with Crippen LogP contribution in [0.5, 0.6) is 0 Å². The third-order valence-electron chi connectivity index (χ3n) is 2.66. The van der Waals surface area contributed by atoms with Crippen LogP contribution in [0.4, 0.5) is 0 Å². The van der Waals surface area contributed by atoms with Gasteiger partial charge in [0.2, 0.25) is 5.91 Å². The Morgan fingerprint density at radius 3 is 2.30 bits per heavy atom. The van der Waals surface area contributed by atoms with E-state index in [-0.39, 0.29) is 18.9 Å². The average molecular weight is 278 g/mol. The largest absolute Gasteiger partial charge is 0.480 e. The first kappa shape index (κ1) is 15.7. The first-order valence-electron chi connectivity index (χ1n) is 6.20. The van der Waals surface area contributed by atoms with E-state index in [1.54, 1.807) is 30.3 Å². The number of carbonyl (C=O) groups excluding carboxylic acids is 2. The molecule has 20 heavy (non-hydrogen) atoms. The zero-order valence-corrected chi connectivity index (χ0v) is 11.5. The maximum atomic E-state index is 11.7. The molecule has 0 fully saturated rings. The van der Waals surface area contributed by atoms with Gasteiger partial charge in [-0.15, -0.1) is 0 Å². The van der Waals surface area contributed by atoms with Crippen LogP contribution in [0.3, 0.4) is 0 Å². The van der Waals surface area contributed by atoms with E-state index in [1.807, 2.05) is 0 Å². The third kappa shape index (κ3) is 4.72. The van der Waals surface area contributed by atoms with E-state index < -0.39 is 17.4 Å². The standard InChI is InChI=1S/C14H18N2O4/c1-14(2,13(19)20)16-11(17)8-9-15-12(18)10-6-4-3-5-7-10/h3-7H,8-9H2,1-2H3,(H,15,18)(H,16,17)(H,19,20). The van der Waals surface area contributed by atoms with Gasteiger partial charge in [-0.25, -0.2) is 4.79 Å². The molecule has 108 valence electrons. The van der Waals surface area contributed by atoms with Gasteiger partial charge >= 0.3 is 5.97 Å². The van der Waals surface area contributed by atoms with E-state index in [0.29, 0.717) is 5.56 Å². The first-order chi connectivity index (χ1) is 9.33. The predicted octanol–water partition coefficient (Wildman–Crippen LogP) is 0.786. The molecule has 1 rings (SSSR count). The van der Waals surface area contributed by atoms with Crippen molar-refractivity contribution in [3.8, 4) is 0 Å². The maximum Gasteiger partial charge on any atom is 0.328 e. The van der Waals surface area contributed by atoms with E-state index >= 15 is 0 Å². The lowest BCUT2D eigenvalue weighted by Gasteiger charge is -2.20. The second-order valence-corrected chi connectivity index (χ2v) is 4.85. The highest BCUT2D eigenvalue weighted by Crippen LogP contribution is 2.02. The van der Waals surface area contributed by atoms with Crippen molar-refractivity contribution in [3.05, 3.63) is 35.9 Å². The normalized spacial score (nSPS) is 10.7. The minimum Gasteiger partial charge on any atom is -0.480 e. The number of hydrogen-bond donors (Lipinski definition) is 3. The summed E-state index contributed by atoms with van der Waals surface area (Å²) in [6.07, 6.45) is 0.0231. The number of carbonyl (C=O) groups is 3. The number of benzene rings is 1. The fourth-order valence-electron chi connectivity index (χ4n) is 1.45. The van der Waals surface area contributed by atoms with Crippen LogP contribution in [-0.2, 0) is 9.59 Å². The SMILES string of the molecule is CC(C)(NC(=O)CCNC(=O)c1ccccc1)C(=O)O. The van der Waals surface area contributed by atoms with Crippen LogP contribution in [0.25, 0.3) is 0 Å². The van der Waals surface area contributed by atoms with Crippen LogP contribution in [0.15, 0.2) is 30.3 Å². The number of nitrogens with one attached hydrogen (secondary N) is 2. The Labute approximate surface area is 117 Å². The summed E-state index contributed by atoms with van der Waals surface area (Å²) in [6.45, 7) is 2.95. The molecule has 6 heteroatoms. The van der Waals surface area contributed by atoms with E-state index in [2.05, 4.69) is 10.6 Å². The molecule has 0 saturated heterocycles. The molecule has 0 unspecified atom stereocenters. The van der Waals surface area contributed by atoms with Gasteiger partial charge in [0.1, 0.15) is 5.54 Å². The van der Waals surface area contributed by atoms with Gasteiger partial charge in [-0.2, -0.15) is 0 Å². The van der Waals surface area contributed by atoms with Crippen molar-refractivity contribution >= 4 is 17.8 Å².